The summed E-state index contributed by atoms with van der Waals surface area (Å²) >= 11 is 6.35. The van der Waals surface area contributed by atoms with Gasteiger partial charge in [-0.1, -0.05) is 24.9 Å². The topological polar surface area (TPSA) is 60.0 Å². The first-order valence-electron chi connectivity index (χ1n) is 9.86. The number of rotatable bonds is 8. The molecular formula is C22H27ClN2O4. The van der Waals surface area contributed by atoms with Gasteiger partial charge in [-0.3, -0.25) is 4.79 Å². The summed E-state index contributed by atoms with van der Waals surface area (Å²) in [5, 5.41) is 3.26. The number of nitrogens with zero attached hydrogens (tertiary/aromatic N) is 1. The van der Waals surface area contributed by atoms with Gasteiger partial charge in [0.2, 0.25) is 0 Å². The summed E-state index contributed by atoms with van der Waals surface area (Å²) in [5.41, 5.74) is 2.24. The Kier molecular flexibility index (Phi) is 7.61. The van der Waals surface area contributed by atoms with Crippen molar-refractivity contribution in [3.05, 3.63) is 47.0 Å². The van der Waals surface area contributed by atoms with Crippen molar-refractivity contribution < 1.29 is 19.0 Å². The Hall–Kier alpha value is -2.44. The van der Waals surface area contributed by atoms with Gasteiger partial charge < -0.3 is 24.4 Å². The molecule has 3 rings (SSSR count). The molecule has 1 amide bonds. The SMILES string of the molecule is CCCCOc1c(Cl)cc(C(=O)Nc2ccc(N3CCOCC3)cc2)cc1OC. The lowest BCUT2D eigenvalue weighted by Crippen LogP contribution is -2.36. The first-order chi connectivity index (χ1) is 14.1. The quantitative estimate of drug-likeness (QED) is 0.634. The van der Waals surface area contributed by atoms with Crippen molar-refractivity contribution in [1.82, 2.24) is 0 Å². The Morgan fingerprint density at radius 3 is 2.59 bits per heavy atom. The zero-order valence-corrected chi connectivity index (χ0v) is 17.6. The molecule has 0 atom stereocenters. The Labute approximate surface area is 176 Å². The predicted octanol–water partition coefficient (Wildman–Crippen LogP) is 4.62. The summed E-state index contributed by atoms with van der Waals surface area (Å²) in [5.74, 6) is 0.653. The summed E-state index contributed by atoms with van der Waals surface area (Å²) in [6.07, 6.45) is 1.94. The van der Waals surface area contributed by atoms with Crippen molar-refractivity contribution in [3.63, 3.8) is 0 Å². The van der Waals surface area contributed by atoms with Crippen LogP contribution in [0.5, 0.6) is 11.5 Å². The standard InChI is InChI=1S/C22H27ClN2O4/c1-3-4-11-29-21-19(23)14-16(15-20(21)27-2)22(26)24-17-5-7-18(8-6-17)25-9-12-28-13-10-25/h5-8,14-15H,3-4,9-13H2,1-2H3,(H,24,26). The average molecular weight is 419 g/mol. The number of carbonyl (C=O) groups is 1. The summed E-state index contributed by atoms with van der Waals surface area (Å²) in [7, 11) is 1.53. The molecule has 0 aliphatic carbocycles. The van der Waals surface area contributed by atoms with Gasteiger partial charge in [0.15, 0.2) is 11.5 Å². The molecule has 0 aromatic heterocycles. The van der Waals surface area contributed by atoms with Crippen LogP contribution in [0.4, 0.5) is 11.4 Å². The number of nitrogens with one attached hydrogen (secondary N) is 1. The predicted molar refractivity (Wildman–Crippen MR) is 116 cm³/mol. The number of halogens is 1. The van der Waals surface area contributed by atoms with Crippen molar-refractivity contribution in [2.75, 3.05) is 50.2 Å². The molecule has 7 heteroatoms. The fraction of sp³-hybridized carbons (Fsp3) is 0.409. The molecule has 6 nitrogen and oxygen atoms in total. The molecule has 1 aliphatic heterocycles. The van der Waals surface area contributed by atoms with Crippen molar-refractivity contribution in [2.24, 2.45) is 0 Å². The van der Waals surface area contributed by atoms with E-state index >= 15 is 0 Å². The molecular weight excluding hydrogens is 392 g/mol. The van der Waals surface area contributed by atoms with E-state index in [1.807, 2.05) is 24.3 Å². The zero-order valence-electron chi connectivity index (χ0n) is 16.9. The van der Waals surface area contributed by atoms with E-state index in [0.717, 1.165) is 44.8 Å². The molecule has 29 heavy (non-hydrogen) atoms. The zero-order chi connectivity index (χ0) is 20.6. The number of carbonyl (C=O) groups excluding carboxylic acids is 1. The Balaban J connectivity index is 1.69. The van der Waals surface area contributed by atoms with Crippen LogP contribution in [0.1, 0.15) is 30.1 Å². The molecule has 0 radical (unpaired) electrons. The van der Waals surface area contributed by atoms with Gasteiger partial charge in [-0.2, -0.15) is 0 Å². The smallest absolute Gasteiger partial charge is 0.255 e. The summed E-state index contributed by atoms with van der Waals surface area (Å²) in [6, 6.07) is 11.0. The van der Waals surface area contributed by atoms with Crippen molar-refractivity contribution in [1.29, 1.82) is 0 Å². The third-order valence-electron chi connectivity index (χ3n) is 4.74. The molecule has 1 aliphatic rings. The minimum atomic E-state index is -0.260. The van der Waals surface area contributed by atoms with E-state index in [9.17, 15) is 4.79 Å². The monoisotopic (exact) mass is 418 g/mol. The average Bonchev–Trinajstić information content (AvgIpc) is 2.75. The fourth-order valence-electron chi connectivity index (χ4n) is 3.09. The van der Waals surface area contributed by atoms with Gasteiger partial charge in [-0.25, -0.2) is 0 Å². The van der Waals surface area contributed by atoms with Gasteiger partial charge in [0.25, 0.3) is 5.91 Å². The van der Waals surface area contributed by atoms with Crippen LogP contribution in [0.2, 0.25) is 5.02 Å². The first kappa shape index (κ1) is 21.3. The number of methoxy groups -OCH3 is 1. The Morgan fingerprint density at radius 1 is 1.21 bits per heavy atom. The van der Waals surface area contributed by atoms with Gasteiger partial charge >= 0.3 is 0 Å². The summed E-state index contributed by atoms with van der Waals surface area (Å²) in [6.45, 7) is 5.85. The summed E-state index contributed by atoms with van der Waals surface area (Å²) < 4.78 is 16.5. The lowest BCUT2D eigenvalue weighted by molar-refractivity contribution is 0.102. The Morgan fingerprint density at radius 2 is 1.93 bits per heavy atom. The van der Waals surface area contributed by atoms with Crippen LogP contribution in [0.25, 0.3) is 0 Å². The van der Waals surface area contributed by atoms with Gasteiger partial charge in [0, 0.05) is 30.0 Å². The minimum Gasteiger partial charge on any atom is -0.493 e. The minimum absolute atomic E-state index is 0.260. The number of hydrogen-bond acceptors (Lipinski definition) is 5. The maximum absolute atomic E-state index is 12.7. The van der Waals surface area contributed by atoms with E-state index in [1.54, 1.807) is 12.1 Å². The Bertz CT molecular complexity index is 820. The second-order valence-corrected chi connectivity index (χ2v) is 7.20. The number of unbranched alkanes of at least 4 members (excludes halogenated alkanes) is 1. The number of amides is 1. The van der Waals surface area contributed by atoms with Crippen LogP contribution in [0, 0.1) is 0 Å². The first-order valence-corrected chi connectivity index (χ1v) is 10.2. The third kappa shape index (κ3) is 5.55. The second-order valence-electron chi connectivity index (χ2n) is 6.79. The second kappa shape index (κ2) is 10.4. The van der Waals surface area contributed by atoms with Crippen LogP contribution in [-0.4, -0.2) is 45.9 Å². The number of hydrogen-bond donors (Lipinski definition) is 1. The highest BCUT2D eigenvalue weighted by Crippen LogP contribution is 2.36. The summed E-state index contributed by atoms with van der Waals surface area (Å²) in [4.78, 5) is 15.0. The van der Waals surface area contributed by atoms with E-state index < -0.39 is 0 Å². The number of morpholine rings is 1. The van der Waals surface area contributed by atoms with E-state index in [2.05, 4.69) is 17.1 Å². The van der Waals surface area contributed by atoms with E-state index in [0.29, 0.717) is 34.4 Å². The van der Waals surface area contributed by atoms with E-state index in [-0.39, 0.29) is 5.91 Å². The number of ether oxygens (including phenoxy) is 3. The number of anilines is 2. The molecule has 1 heterocycles. The van der Waals surface area contributed by atoms with Gasteiger partial charge in [0.1, 0.15) is 0 Å². The molecule has 0 bridgehead atoms. The van der Waals surface area contributed by atoms with Crippen molar-refractivity contribution >= 4 is 28.9 Å². The van der Waals surface area contributed by atoms with Crippen LogP contribution in [0.3, 0.4) is 0 Å². The molecule has 1 fully saturated rings. The van der Waals surface area contributed by atoms with Crippen molar-refractivity contribution in [3.8, 4) is 11.5 Å². The van der Waals surface area contributed by atoms with E-state index in [1.165, 1.54) is 7.11 Å². The molecule has 1 N–H and O–H groups in total. The molecule has 0 saturated carbocycles. The van der Waals surface area contributed by atoms with Gasteiger partial charge in [0.05, 0.1) is 32.0 Å². The lowest BCUT2D eigenvalue weighted by atomic mass is 10.1. The highest BCUT2D eigenvalue weighted by atomic mass is 35.5. The highest BCUT2D eigenvalue weighted by Gasteiger charge is 2.17. The molecule has 0 unspecified atom stereocenters. The van der Waals surface area contributed by atoms with Crippen LogP contribution < -0.4 is 19.7 Å². The molecule has 1 saturated heterocycles. The molecule has 2 aromatic carbocycles. The molecule has 2 aromatic rings. The molecule has 156 valence electrons. The van der Waals surface area contributed by atoms with Crippen LogP contribution in [-0.2, 0) is 4.74 Å². The normalized spacial score (nSPS) is 13.8. The van der Waals surface area contributed by atoms with Crippen LogP contribution in [0.15, 0.2) is 36.4 Å². The number of benzene rings is 2. The lowest BCUT2D eigenvalue weighted by Gasteiger charge is -2.28. The van der Waals surface area contributed by atoms with E-state index in [4.69, 9.17) is 25.8 Å². The van der Waals surface area contributed by atoms with Gasteiger partial charge in [-0.15, -0.1) is 0 Å². The largest absolute Gasteiger partial charge is 0.493 e. The van der Waals surface area contributed by atoms with Gasteiger partial charge in [-0.05, 0) is 42.8 Å². The molecule has 0 spiro atoms. The third-order valence-corrected chi connectivity index (χ3v) is 5.02. The van der Waals surface area contributed by atoms with Crippen molar-refractivity contribution in [2.45, 2.75) is 19.8 Å². The maximum Gasteiger partial charge on any atom is 0.255 e. The van der Waals surface area contributed by atoms with Crippen LogP contribution >= 0.6 is 11.6 Å². The fourth-order valence-corrected chi connectivity index (χ4v) is 3.36. The maximum atomic E-state index is 12.7. The highest BCUT2D eigenvalue weighted by molar-refractivity contribution is 6.32.